The third-order valence-corrected chi connectivity index (χ3v) is 4.38. The first kappa shape index (κ1) is 19.1. The average Bonchev–Trinajstić information content (AvgIpc) is 2.63. The van der Waals surface area contributed by atoms with Crippen LogP contribution in [0.15, 0.2) is 59.1 Å². The highest BCUT2D eigenvalue weighted by Gasteiger charge is 2.24. The van der Waals surface area contributed by atoms with Gasteiger partial charge in [-0.2, -0.15) is 0 Å². The Morgan fingerprint density at radius 3 is 2.32 bits per heavy atom. The summed E-state index contributed by atoms with van der Waals surface area (Å²) in [6.07, 6.45) is 0. The first-order valence-electron chi connectivity index (χ1n) is 8.09. The van der Waals surface area contributed by atoms with Crippen molar-refractivity contribution in [3.8, 4) is 0 Å². The number of hydrogen-bond acceptors (Lipinski definition) is 3. The predicted octanol–water partition coefficient (Wildman–Crippen LogP) is 3.20. The highest BCUT2D eigenvalue weighted by atomic mass is 79.9. The smallest absolute Gasteiger partial charge is 0.243 e. The Bertz CT molecular complexity index is 704. The van der Waals surface area contributed by atoms with Gasteiger partial charge in [-0.3, -0.25) is 14.5 Å². The summed E-state index contributed by atoms with van der Waals surface area (Å²) < 4.78 is 0.937. The van der Waals surface area contributed by atoms with Crippen molar-refractivity contribution in [1.29, 1.82) is 0 Å². The summed E-state index contributed by atoms with van der Waals surface area (Å²) in [5.74, 6) is -0.455. The normalized spacial score (nSPS) is 11.8. The van der Waals surface area contributed by atoms with Crippen molar-refractivity contribution in [3.63, 3.8) is 0 Å². The van der Waals surface area contributed by atoms with Crippen LogP contribution in [-0.2, 0) is 9.59 Å². The molecule has 1 unspecified atom stereocenters. The van der Waals surface area contributed by atoms with Gasteiger partial charge in [0.25, 0.3) is 0 Å². The second-order valence-corrected chi connectivity index (χ2v) is 6.57. The van der Waals surface area contributed by atoms with Gasteiger partial charge in [-0.05, 0) is 43.4 Å². The number of anilines is 1. The Kier molecular flexibility index (Phi) is 7.16. The molecular weight excluding hydrogens is 382 g/mol. The number of benzene rings is 2. The molecular formula is C19H22BrN3O2. The van der Waals surface area contributed by atoms with Gasteiger partial charge in [-0.15, -0.1) is 0 Å². The Morgan fingerprint density at radius 1 is 1.08 bits per heavy atom. The number of rotatable bonds is 7. The lowest BCUT2D eigenvalue weighted by atomic mass is 10.0. The van der Waals surface area contributed by atoms with E-state index in [1.54, 1.807) is 12.1 Å². The van der Waals surface area contributed by atoms with Crippen LogP contribution in [0.1, 0.15) is 18.5 Å². The molecule has 25 heavy (non-hydrogen) atoms. The molecule has 0 radical (unpaired) electrons. The van der Waals surface area contributed by atoms with Crippen molar-refractivity contribution in [3.05, 3.63) is 64.6 Å². The van der Waals surface area contributed by atoms with Gasteiger partial charge in [0.15, 0.2) is 0 Å². The van der Waals surface area contributed by atoms with Crippen molar-refractivity contribution in [2.45, 2.75) is 13.0 Å². The molecule has 0 fully saturated rings. The molecule has 2 aromatic rings. The Balaban J connectivity index is 1.96. The second-order valence-electron chi connectivity index (χ2n) is 5.66. The molecule has 0 aromatic heterocycles. The van der Waals surface area contributed by atoms with E-state index in [0.717, 1.165) is 16.6 Å². The molecule has 5 nitrogen and oxygen atoms in total. The third-order valence-electron chi connectivity index (χ3n) is 3.85. The highest BCUT2D eigenvalue weighted by Crippen LogP contribution is 2.19. The number of likely N-dealkylation sites (N-methyl/N-ethyl adjacent to an activating group) is 1. The van der Waals surface area contributed by atoms with E-state index in [9.17, 15) is 9.59 Å². The van der Waals surface area contributed by atoms with Crippen molar-refractivity contribution in [1.82, 2.24) is 10.2 Å². The van der Waals surface area contributed by atoms with Crippen molar-refractivity contribution in [2.24, 2.45) is 0 Å². The summed E-state index contributed by atoms with van der Waals surface area (Å²) in [6, 6.07) is 16.4. The molecule has 0 aliphatic heterocycles. The van der Waals surface area contributed by atoms with E-state index < -0.39 is 6.04 Å². The van der Waals surface area contributed by atoms with Crippen LogP contribution in [-0.4, -0.2) is 36.9 Å². The minimum Gasteiger partial charge on any atom is -0.345 e. The summed E-state index contributed by atoms with van der Waals surface area (Å²) in [6.45, 7) is 2.64. The zero-order valence-corrected chi connectivity index (χ0v) is 15.9. The van der Waals surface area contributed by atoms with Gasteiger partial charge in [0, 0.05) is 10.2 Å². The lowest BCUT2D eigenvalue weighted by molar-refractivity contribution is -0.128. The summed E-state index contributed by atoms with van der Waals surface area (Å²) in [4.78, 5) is 26.6. The summed E-state index contributed by atoms with van der Waals surface area (Å²) in [5, 5.41) is 5.48. The largest absolute Gasteiger partial charge is 0.345 e. The fourth-order valence-electron chi connectivity index (χ4n) is 2.43. The molecule has 0 saturated heterocycles. The minimum atomic E-state index is -0.424. The van der Waals surface area contributed by atoms with Crippen molar-refractivity contribution >= 4 is 33.4 Å². The van der Waals surface area contributed by atoms with Crippen LogP contribution in [0.2, 0.25) is 0 Å². The second kappa shape index (κ2) is 9.34. The monoisotopic (exact) mass is 403 g/mol. The lowest BCUT2D eigenvalue weighted by Crippen LogP contribution is -2.41. The van der Waals surface area contributed by atoms with Crippen LogP contribution in [0, 0.1) is 0 Å². The molecule has 0 saturated carbocycles. The molecule has 0 aliphatic rings. The first-order chi connectivity index (χ1) is 12.0. The molecule has 0 aliphatic carbocycles. The number of hydrogen-bond donors (Lipinski definition) is 2. The Morgan fingerprint density at radius 2 is 1.72 bits per heavy atom. The average molecular weight is 404 g/mol. The fourth-order valence-corrected chi connectivity index (χ4v) is 2.69. The quantitative estimate of drug-likeness (QED) is 0.745. The number of nitrogens with one attached hydrogen (secondary N) is 2. The topological polar surface area (TPSA) is 61.4 Å². The number of carbonyl (C=O) groups is 2. The molecule has 0 heterocycles. The van der Waals surface area contributed by atoms with Crippen LogP contribution in [0.4, 0.5) is 5.69 Å². The molecule has 0 spiro atoms. The molecule has 2 amide bonds. The summed E-state index contributed by atoms with van der Waals surface area (Å²) >= 11 is 3.35. The van der Waals surface area contributed by atoms with Crippen LogP contribution in [0.25, 0.3) is 0 Å². The fraction of sp³-hybridized carbons (Fsp3) is 0.263. The number of nitrogens with zero attached hydrogens (tertiary/aromatic N) is 1. The SMILES string of the molecule is CCN(C)C(C(=O)NCC(=O)Nc1ccc(Br)cc1)c1ccccc1. The zero-order chi connectivity index (χ0) is 18.2. The molecule has 6 heteroatoms. The van der Waals surface area contributed by atoms with Crippen LogP contribution in [0.5, 0.6) is 0 Å². The van der Waals surface area contributed by atoms with E-state index in [-0.39, 0.29) is 18.4 Å². The van der Waals surface area contributed by atoms with Gasteiger partial charge in [0.2, 0.25) is 11.8 Å². The van der Waals surface area contributed by atoms with Gasteiger partial charge in [-0.1, -0.05) is 53.2 Å². The van der Waals surface area contributed by atoms with Gasteiger partial charge in [0.05, 0.1) is 6.54 Å². The number of carbonyl (C=O) groups excluding carboxylic acids is 2. The van der Waals surface area contributed by atoms with Gasteiger partial charge in [-0.25, -0.2) is 0 Å². The maximum atomic E-state index is 12.6. The first-order valence-corrected chi connectivity index (χ1v) is 8.89. The van der Waals surface area contributed by atoms with E-state index in [1.165, 1.54) is 0 Å². The maximum Gasteiger partial charge on any atom is 0.243 e. The highest BCUT2D eigenvalue weighted by molar-refractivity contribution is 9.10. The lowest BCUT2D eigenvalue weighted by Gasteiger charge is -2.26. The van der Waals surface area contributed by atoms with Crippen LogP contribution >= 0.6 is 15.9 Å². The summed E-state index contributed by atoms with van der Waals surface area (Å²) in [5.41, 5.74) is 1.59. The van der Waals surface area contributed by atoms with E-state index >= 15 is 0 Å². The zero-order valence-electron chi connectivity index (χ0n) is 14.3. The third kappa shape index (κ3) is 5.69. The summed E-state index contributed by atoms with van der Waals surface area (Å²) in [7, 11) is 1.89. The van der Waals surface area contributed by atoms with Crippen molar-refractivity contribution in [2.75, 3.05) is 25.5 Å². The molecule has 132 valence electrons. The standard InChI is InChI=1S/C19H22BrN3O2/c1-3-23(2)18(14-7-5-4-6-8-14)19(25)21-13-17(24)22-16-11-9-15(20)10-12-16/h4-12,18H,3,13H2,1-2H3,(H,21,25)(H,22,24). The van der Waals surface area contributed by atoms with Crippen LogP contribution < -0.4 is 10.6 Å². The molecule has 0 bridgehead atoms. The Hall–Kier alpha value is -2.18. The van der Waals surface area contributed by atoms with Gasteiger partial charge >= 0.3 is 0 Å². The van der Waals surface area contributed by atoms with Crippen LogP contribution in [0.3, 0.4) is 0 Å². The number of halogens is 1. The number of amides is 2. The van der Waals surface area contributed by atoms with E-state index in [0.29, 0.717) is 5.69 Å². The van der Waals surface area contributed by atoms with Gasteiger partial charge < -0.3 is 10.6 Å². The van der Waals surface area contributed by atoms with E-state index in [2.05, 4.69) is 26.6 Å². The minimum absolute atomic E-state index is 0.0736. The molecule has 2 N–H and O–H groups in total. The van der Waals surface area contributed by atoms with Crippen molar-refractivity contribution < 1.29 is 9.59 Å². The van der Waals surface area contributed by atoms with E-state index in [4.69, 9.17) is 0 Å². The maximum absolute atomic E-state index is 12.6. The van der Waals surface area contributed by atoms with E-state index in [1.807, 2.05) is 61.3 Å². The molecule has 2 aromatic carbocycles. The predicted molar refractivity (Wildman–Crippen MR) is 103 cm³/mol. The molecule has 2 rings (SSSR count). The molecule has 1 atom stereocenters. The van der Waals surface area contributed by atoms with Gasteiger partial charge in [0.1, 0.15) is 6.04 Å². The Labute approximate surface area is 156 Å².